The highest BCUT2D eigenvalue weighted by Gasteiger charge is 2.28. The van der Waals surface area contributed by atoms with Crippen LogP contribution in [0.5, 0.6) is 0 Å². The average Bonchev–Trinajstić information content (AvgIpc) is 3.29. The molecule has 0 unspecified atom stereocenters. The van der Waals surface area contributed by atoms with Gasteiger partial charge in [-0.15, -0.1) is 0 Å². The Kier molecular flexibility index (Phi) is 4.63. The third kappa shape index (κ3) is 3.23. The number of carbonyl (C=O) groups is 1. The lowest BCUT2D eigenvalue weighted by atomic mass is 10.0. The van der Waals surface area contributed by atoms with Crippen LogP contribution in [0.2, 0.25) is 0 Å². The average molecular weight is 333 g/mol. The molecule has 7 nitrogen and oxygen atoms in total. The maximum Gasteiger partial charge on any atom is 0.258 e. The van der Waals surface area contributed by atoms with E-state index in [4.69, 9.17) is 4.18 Å². The van der Waals surface area contributed by atoms with Gasteiger partial charge in [-0.05, 0) is 60.2 Å². The van der Waals surface area contributed by atoms with Crippen LogP contribution >= 0.6 is 12.0 Å². The summed E-state index contributed by atoms with van der Waals surface area (Å²) in [5.74, 6) is 0.729. The molecule has 1 aliphatic carbocycles. The number of rotatable bonds is 6. The number of aryl methyl sites for hydroxylation is 1. The van der Waals surface area contributed by atoms with Crippen molar-refractivity contribution >= 4 is 23.9 Å². The van der Waals surface area contributed by atoms with Gasteiger partial charge in [0.1, 0.15) is 0 Å². The van der Waals surface area contributed by atoms with Crippen molar-refractivity contribution in [3.8, 4) is 0 Å². The monoisotopic (exact) mass is 333 g/mol. The molecular formula is C15H19N5O2S. The molecule has 1 aromatic heterocycles. The van der Waals surface area contributed by atoms with Crippen molar-refractivity contribution < 1.29 is 8.98 Å². The van der Waals surface area contributed by atoms with E-state index in [1.54, 1.807) is 7.11 Å². The Bertz CT molecular complexity index is 727. The fraction of sp³-hybridized carbons (Fsp3) is 0.467. The van der Waals surface area contributed by atoms with Crippen molar-refractivity contribution in [1.29, 1.82) is 0 Å². The van der Waals surface area contributed by atoms with Crippen LogP contribution in [-0.4, -0.2) is 33.2 Å². The van der Waals surface area contributed by atoms with Crippen LogP contribution in [0.4, 0.5) is 5.95 Å². The van der Waals surface area contributed by atoms with Gasteiger partial charge in [-0.3, -0.25) is 10.1 Å². The highest BCUT2D eigenvalue weighted by atomic mass is 32.2. The largest absolute Gasteiger partial charge is 0.314 e. The molecule has 1 amide bonds. The number of benzene rings is 1. The zero-order valence-electron chi connectivity index (χ0n) is 13.4. The third-order valence-electron chi connectivity index (χ3n) is 3.92. The standard InChI is InChI=1S/C15H19N5O2S/c1-4-20-15(17-18-19-20)16-14(21)11-7-8-12(10-5-6-10)13(9(11)2)23-22-3/h7-8,10H,4-6H2,1-3H3,(H,16,17,19,21). The van der Waals surface area contributed by atoms with Crippen molar-refractivity contribution in [2.24, 2.45) is 0 Å². The van der Waals surface area contributed by atoms with Gasteiger partial charge < -0.3 is 4.18 Å². The SMILES string of the molecule is CCn1nnnc1NC(=O)c1ccc(C2CC2)c(SOC)c1C. The van der Waals surface area contributed by atoms with Gasteiger partial charge in [0.25, 0.3) is 5.91 Å². The Labute approximate surface area is 139 Å². The molecule has 0 spiro atoms. The summed E-state index contributed by atoms with van der Waals surface area (Å²) in [7, 11) is 1.64. The molecule has 1 aliphatic rings. The maximum atomic E-state index is 12.6. The van der Waals surface area contributed by atoms with E-state index in [0.29, 0.717) is 24.0 Å². The van der Waals surface area contributed by atoms with Gasteiger partial charge in [0.15, 0.2) is 0 Å². The summed E-state index contributed by atoms with van der Waals surface area (Å²) in [4.78, 5) is 13.6. The van der Waals surface area contributed by atoms with E-state index in [2.05, 4.69) is 20.8 Å². The van der Waals surface area contributed by atoms with Gasteiger partial charge in [-0.1, -0.05) is 11.2 Å². The van der Waals surface area contributed by atoms with Crippen LogP contribution in [0.1, 0.15) is 47.2 Å². The highest BCUT2D eigenvalue weighted by Crippen LogP contribution is 2.45. The van der Waals surface area contributed by atoms with Crippen LogP contribution in [0, 0.1) is 6.92 Å². The van der Waals surface area contributed by atoms with Crippen LogP contribution in [0.25, 0.3) is 0 Å². The smallest absolute Gasteiger partial charge is 0.258 e. The van der Waals surface area contributed by atoms with Gasteiger partial charge in [0, 0.05) is 29.0 Å². The lowest BCUT2D eigenvalue weighted by molar-refractivity contribution is 0.102. The van der Waals surface area contributed by atoms with E-state index in [1.807, 2.05) is 26.0 Å². The van der Waals surface area contributed by atoms with Crippen LogP contribution in [-0.2, 0) is 10.7 Å². The molecule has 1 fully saturated rings. The Balaban J connectivity index is 1.89. The fourth-order valence-electron chi connectivity index (χ4n) is 2.54. The highest BCUT2D eigenvalue weighted by molar-refractivity contribution is 7.94. The van der Waals surface area contributed by atoms with Gasteiger partial charge in [0.2, 0.25) is 5.95 Å². The molecule has 0 saturated heterocycles. The van der Waals surface area contributed by atoms with Crippen LogP contribution in [0.15, 0.2) is 17.0 Å². The van der Waals surface area contributed by atoms with Crippen molar-refractivity contribution in [1.82, 2.24) is 20.2 Å². The molecule has 1 aromatic carbocycles. The summed E-state index contributed by atoms with van der Waals surface area (Å²) < 4.78 is 6.79. The quantitative estimate of drug-likeness (QED) is 0.819. The first kappa shape index (κ1) is 15.9. The third-order valence-corrected chi connectivity index (χ3v) is 4.80. The minimum Gasteiger partial charge on any atom is -0.314 e. The normalized spacial score (nSPS) is 14.0. The molecular weight excluding hydrogens is 314 g/mol. The molecule has 0 atom stereocenters. The second-order valence-electron chi connectivity index (χ2n) is 5.45. The van der Waals surface area contributed by atoms with Gasteiger partial charge in [-0.2, -0.15) is 0 Å². The molecule has 1 N–H and O–H groups in total. The first-order valence-electron chi connectivity index (χ1n) is 7.57. The second kappa shape index (κ2) is 6.67. The summed E-state index contributed by atoms with van der Waals surface area (Å²) in [6.45, 7) is 4.45. The Morgan fingerprint density at radius 1 is 1.48 bits per heavy atom. The molecule has 0 radical (unpaired) electrons. The molecule has 1 heterocycles. The zero-order valence-corrected chi connectivity index (χ0v) is 14.2. The van der Waals surface area contributed by atoms with E-state index in [1.165, 1.54) is 35.1 Å². The second-order valence-corrected chi connectivity index (χ2v) is 6.36. The number of amides is 1. The summed E-state index contributed by atoms with van der Waals surface area (Å²) >= 11 is 1.32. The predicted molar refractivity (Wildman–Crippen MR) is 87.5 cm³/mol. The molecule has 122 valence electrons. The van der Waals surface area contributed by atoms with Crippen LogP contribution < -0.4 is 5.32 Å². The predicted octanol–water partition coefficient (Wildman–Crippen LogP) is 2.78. The van der Waals surface area contributed by atoms with E-state index in [9.17, 15) is 4.79 Å². The zero-order chi connectivity index (χ0) is 16.4. The number of hydrogen-bond donors (Lipinski definition) is 1. The molecule has 8 heteroatoms. The van der Waals surface area contributed by atoms with Crippen LogP contribution in [0.3, 0.4) is 0 Å². The number of anilines is 1. The van der Waals surface area contributed by atoms with E-state index in [-0.39, 0.29) is 5.91 Å². The first-order chi connectivity index (χ1) is 11.2. The minimum absolute atomic E-state index is 0.215. The van der Waals surface area contributed by atoms with Gasteiger partial charge in [0.05, 0.1) is 7.11 Å². The first-order valence-corrected chi connectivity index (χ1v) is 8.31. The van der Waals surface area contributed by atoms with Gasteiger partial charge >= 0.3 is 0 Å². The number of carbonyl (C=O) groups excluding carboxylic acids is 1. The van der Waals surface area contributed by atoms with Crippen molar-refractivity contribution in [2.75, 3.05) is 12.4 Å². The number of tetrazole rings is 1. The molecule has 1 saturated carbocycles. The lowest BCUT2D eigenvalue weighted by Gasteiger charge is -2.14. The number of nitrogens with one attached hydrogen (secondary N) is 1. The Hall–Kier alpha value is -1.93. The number of hydrogen-bond acceptors (Lipinski definition) is 6. The van der Waals surface area contributed by atoms with Gasteiger partial charge in [-0.25, -0.2) is 4.68 Å². The van der Waals surface area contributed by atoms with Crippen molar-refractivity contribution in [2.45, 2.75) is 44.0 Å². The summed E-state index contributed by atoms with van der Waals surface area (Å²) in [6, 6.07) is 3.90. The van der Waals surface area contributed by atoms with E-state index >= 15 is 0 Å². The summed E-state index contributed by atoms with van der Waals surface area (Å²) in [5, 5.41) is 14.0. The van der Waals surface area contributed by atoms with Crippen molar-refractivity contribution in [3.05, 3.63) is 28.8 Å². The van der Waals surface area contributed by atoms with Crippen molar-refractivity contribution in [3.63, 3.8) is 0 Å². The fourth-order valence-corrected chi connectivity index (χ4v) is 3.28. The van der Waals surface area contributed by atoms with E-state index in [0.717, 1.165) is 10.5 Å². The summed E-state index contributed by atoms with van der Waals surface area (Å²) in [5.41, 5.74) is 2.80. The number of aromatic nitrogens is 4. The molecule has 3 rings (SSSR count). The number of nitrogens with zero attached hydrogens (tertiary/aromatic N) is 4. The Morgan fingerprint density at radius 2 is 2.26 bits per heavy atom. The molecule has 2 aromatic rings. The summed E-state index contributed by atoms with van der Waals surface area (Å²) in [6.07, 6.45) is 2.40. The molecule has 0 aliphatic heterocycles. The minimum atomic E-state index is -0.215. The molecule has 0 bridgehead atoms. The lowest BCUT2D eigenvalue weighted by Crippen LogP contribution is -2.18. The van der Waals surface area contributed by atoms with E-state index < -0.39 is 0 Å². The maximum absolute atomic E-state index is 12.6. The Morgan fingerprint density at radius 3 is 2.91 bits per heavy atom. The molecule has 23 heavy (non-hydrogen) atoms. The topological polar surface area (TPSA) is 81.9 Å².